The lowest BCUT2D eigenvalue weighted by Gasteiger charge is -2.39. The molecule has 6 aromatic rings. The Balaban J connectivity index is 0.884. The topological polar surface area (TPSA) is 155 Å². The average Bonchev–Trinajstić information content (AvgIpc) is 4.08. The van der Waals surface area contributed by atoms with Crippen molar-refractivity contribution in [1.82, 2.24) is 30.2 Å². The summed E-state index contributed by atoms with van der Waals surface area (Å²) in [6.45, 7) is 18.1. The van der Waals surface area contributed by atoms with Gasteiger partial charge >= 0.3 is 5.97 Å². The van der Waals surface area contributed by atoms with Gasteiger partial charge in [0.1, 0.15) is 17.4 Å². The summed E-state index contributed by atoms with van der Waals surface area (Å²) in [7, 11) is -0.0338. The number of rotatable bonds is 16. The molecule has 2 aliphatic carbocycles. The van der Waals surface area contributed by atoms with E-state index >= 15 is 0 Å². The number of phenolic OH excluding ortho intramolecular Hbond substituents is 1. The van der Waals surface area contributed by atoms with Gasteiger partial charge < -0.3 is 34.6 Å². The molecule has 2 aromatic carbocycles. The van der Waals surface area contributed by atoms with E-state index in [4.69, 9.17) is 14.3 Å². The van der Waals surface area contributed by atoms with Gasteiger partial charge in [0.25, 0.3) is 0 Å². The van der Waals surface area contributed by atoms with Crippen molar-refractivity contribution in [3.8, 4) is 5.75 Å². The van der Waals surface area contributed by atoms with Crippen LogP contribution < -0.4 is 10.9 Å². The highest BCUT2D eigenvalue weighted by Crippen LogP contribution is 2.43. The van der Waals surface area contributed by atoms with Crippen LogP contribution in [0, 0.1) is 13.8 Å². The van der Waals surface area contributed by atoms with Crippen LogP contribution in [0.15, 0.2) is 59.4 Å². The van der Waals surface area contributed by atoms with Crippen LogP contribution in [0.3, 0.4) is 0 Å². The summed E-state index contributed by atoms with van der Waals surface area (Å²) in [4.78, 5) is 34.5. The van der Waals surface area contributed by atoms with Gasteiger partial charge in [-0.1, -0.05) is 32.1 Å². The van der Waals surface area contributed by atoms with Crippen LogP contribution in [-0.2, 0) is 45.5 Å². The summed E-state index contributed by atoms with van der Waals surface area (Å²) in [5.41, 5.74) is 5.38. The van der Waals surface area contributed by atoms with Gasteiger partial charge in [-0.25, -0.2) is 9.48 Å². The number of thiophene rings is 2. The Morgan fingerprint density at radius 3 is 2.34 bits per heavy atom. The Labute approximate surface area is 385 Å². The number of carbonyl (C=O) groups excluding carboxylic acids is 1. The number of phenols is 1. The number of aromatic nitrogens is 4. The monoisotopic (exact) mass is 924 g/mol. The van der Waals surface area contributed by atoms with Gasteiger partial charge in [-0.2, -0.15) is 0 Å². The number of aliphatic hydroxyl groups is 1. The molecule has 1 unspecified atom stereocenters. The zero-order valence-corrected chi connectivity index (χ0v) is 41.2. The fraction of sp³-hybridized carbons (Fsp3) is 0.510. The van der Waals surface area contributed by atoms with E-state index in [0.29, 0.717) is 34.4 Å². The molecule has 0 bridgehead atoms. The van der Waals surface area contributed by atoms with Gasteiger partial charge in [0.15, 0.2) is 8.32 Å². The number of hydrogen-bond donors (Lipinski definition) is 4. The molecule has 0 saturated heterocycles. The largest absolute Gasteiger partial charge is 0.506 e. The molecule has 1 atom stereocenters. The second-order valence-electron chi connectivity index (χ2n) is 19.5. The molecular formula is C49H64N6O6S2Si. The predicted molar refractivity (Wildman–Crippen MR) is 259 cm³/mol. The number of nitrogens with one attached hydrogen (secondary N) is 2. The average molecular weight is 925 g/mol. The highest BCUT2D eigenvalue weighted by Gasteiger charge is 2.46. The lowest BCUT2D eigenvalue weighted by Crippen LogP contribution is -2.43. The number of pyridine rings is 1. The fourth-order valence-electron chi connectivity index (χ4n) is 9.36. The standard InChI is InChI=1S/C49H64N6O6S2Si/c1-30-13-22-42(62-30)49(59,43-23-14-31(2)63-43)47(58)60-34-17-15-33(16-18-34)54(6)25-10-26-55-46-38-12-9-11-35(38)32(27-39(46)52-53-55)28-50-29-41(61-64(7,8)48(3,4)5)36-19-21-40(56)45-37(36)20-24-44(57)51-45/h13-14,19-24,27,33-34,41,50,56,59H,9-12,15-18,25-26,28-29H2,1-8H3,(H,51,57). The third-order valence-electron chi connectivity index (χ3n) is 14.0. The number of aromatic hydroxyl groups is 1. The zero-order chi connectivity index (χ0) is 45.6. The number of benzene rings is 2. The highest BCUT2D eigenvalue weighted by atomic mass is 32.1. The van der Waals surface area contributed by atoms with Crippen molar-refractivity contribution in [2.75, 3.05) is 20.1 Å². The SMILES string of the molecule is Cc1ccc(C(O)(C(=O)OC2CCC(N(C)CCCn3nnc4cc(CNCC(O[Si](C)(C)C(C)(C)C)c5ccc(O)c6[nH]c(=O)ccc56)c5c(c43)CCC5)CC2)c2ccc(C)s2)s1. The molecule has 0 amide bonds. The van der Waals surface area contributed by atoms with Crippen molar-refractivity contribution >= 4 is 58.9 Å². The number of aryl methyl sites for hydroxylation is 4. The third-order valence-corrected chi connectivity index (χ3v) is 20.7. The number of hydrogen-bond acceptors (Lipinski definition) is 12. The number of aromatic amines is 1. The molecule has 15 heteroatoms. The van der Waals surface area contributed by atoms with Gasteiger partial charge in [-0.15, -0.1) is 27.8 Å². The summed E-state index contributed by atoms with van der Waals surface area (Å²) in [5, 5.41) is 36.4. The van der Waals surface area contributed by atoms with Crippen molar-refractivity contribution in [2.45, 2.75) is 141 Å². The Bertz CT molecular complexity index is 2650. The molecule has 4 aromatic heterocycles. The Kier molecular flexibility index (Phi) is 13.4. The van der Waals surface area contributed by atoms with E-state index in [1.807, 2.05) is 44.2 Å². The molecule has 1 fully saturated rings. The van der Waals surface area contributed by atoms with Crippen LogP contribution in [0.5, 0.6) is 5.75 Å². The lowest BCUT2D eigenvalue weighted by atomic mass is 9.91. The van der Waals surface area contributed by atoms with Crippen LogP contribution in [0.2, 0.25) is 18.1 Å². The van der Waals surface area contributed by atoms with Crippen molar-refractivity contribution in [1.29, 1.82) is 0 Å². The maximum atomic E-state index is 13.7. The summed E-state index contributed by atoms with van der Waals surface area (Å²) < 4.78 is 15.3. The zero-order valence-electron chi connectivity index (χ0n) is 38.5. The molecular weight excluding hydrogens is 861 g/mol. The van der Waals surface area contributed by atoms with Gasteiger partial charge in [0.2, 0.25) is 11.2 Å². The predicted octanol–water partition coefficient (Wildman–Crippen LogP) is 9.17. The summed E-state index contributed by atoms with van der Waals surface area (Å²) in [6, 6.07) is 17.0. The van der Waals surface area contributed by atoms with Crippen LogP contribution in [0.25, 0.3) is 21.9 Å². The van der Waals surface area contributed by atoms with E-state index < -0.39 is 19.9 Å². The highest BCUT2D eigenvalue weighted by molar-refractivity contribution is 7.14. The number of fused-ring (bicyclic) bond motifs is 4. The van der Waals surface area contributed by atoms with E-state index in [2.05, 4.69) is 72.1 Å². The molecule has 8 rings (SSSR count). The summed E-state index contributed by atoms with van der Waals surface area (Å²) in [6.07, 6.45) is 6.92. The van der Waals surface area contributed by atoms with Gasteiger partial charge in [0, 0.05) is 46.9 Å². The Morgan fingerprint density at radius 2 is 1.69 bits per heavy atom. The van der Waals surface area contributed by atoms with E-state index in [1.54, 1.807) is 12.1 Å². The first-order chi connectivity index (χ1) is 30.4. The Morgan fingerprint density at radius 1 is 1.00 bits per heavy atom. The molecule has 1 saturated carbocycles. The third kappa shape index (κ3) is 9.40. The first-order valence-electron chi connectivity index (χ1n) is 22.8. The molecule has 342 valence electrons. The first kappa shape index (κ1) is 46.3. The number of carbonyl (C=O) groups is 1. The van der Waals surface area contributed by atoms with Gasteiger partial charge in [-0.3, -0.25) is 4.79 Å². The van der Waals surface area contributed by atoms with E-state index in [9.17, 15) is 19.8 Å². The number of esters is 1. The molecule has 4 heterocycles. The van der Waals surface area contributed by atoms with E-state index in [0.717, 1.165) is 96.2 Å². The van der Waals surface area contributed by atoms with Crippen molar-refractivity contribution in [2.24, 2.45) is 0 Å². The quantitative estimate of drug-likeness (QED) is 0.0546. The normalized spacial score (nSPS) is 17.7. The van der Waals surface area contributed by atoms with Crippen LogP contribution in [0.4, 0.5) is 0 Å². The maximum absolute atomic E-state index is 13.7. The van der Waals surface area contributed by atoms with Crippen molar-refractivity contribution < 1.29 is 24.2 Å². The molecule has 0 spiro atoms. The van der Waals surface area contributed by atoms with E-state index in [1.165, 1.54) is 45.4 Å². The van der Waals surface area contributed by atoms with E-state index in [-0.39, 0.29) is 28.6 Å². The smallest absolute Gasteiger partial charge is 0.349 e. The Hall–Kier alpha value is -4.22. The minimum Gasteiger partial charge on any atom is -0.506 e. The molecule has 0 radical (unpaired) electrons. The maximum Gasteiger partial charge on any atom is 0.349 e. The minimum atomic E-state index is -2.23. The van der Waals surface area contributed by atoms with Crippen LogP contribution in [-0.4, -0.2) is 81.7 Å². The summed E-state index contributed by atoms with van der Waals surface area (Å²) in [5.74, 6) is -0.539. The van der Waals surface area contributed by atoms with Crippen molar-refractivity contribution in [3.63, 3.8) is 0 Å². The molecule has 2 aliphatic rings. The first-order valence-corrected chi connectivity index (χ1v) is 27.3. The number of H-pyrrole nitrogens is 1. The van der Waals surface area contributed by atoms with Gasteiger partial charge in [0.05, 0.1) is 26.9 Å². The lowest BCUT2D eigenvalue weighted by molar-refractivity contribution is -0.169. The summed E-state index contributed by atoms with van der Waals surface area (Å²) >= 11 is 2.87. The second kappa shape index (κ2) is 18.6. The van der Waals surface area contributed by atoms with Crippen LogP contribution in [0.1, 0.15) is 107 Å². The van der Waals surface area contributed by atoms with Crippen molar-refractivity contribution in [3.05, 3.63) is 107 Å². The second-order valence-corrected chi connectivity index (χ2v) is 26.8. The number of nitrogens with zero attached hydrogens (tertiary/aromatic N) is 4. The number of ether oxygens (including phenoxy) is 1. The molecule has 4 N–H and O–H groups in total. The molecule has 12 nitrogen and oxygen atoms in total. The fourth-order valence-corrected chi connectivity index (χ4v) is 12.6. The van der Waals surface area contributed by atoms with Crippen LogP contribution >= 0.6 is 22.7 Å². The minimum absolute atomic E-state index is 0.0128. The van der Waals surface area contributed by atoms with Gasteiger partial charge in [-0.05, 0) is 162 Å². The molecule has 64 heavy (non-hydrogen) atoms. The molecule has 0 aliphatic heterocycles.